The van der Waals surface area contributed by atoms with Crippen LogP contribution < -0.4 is 10.0 Å². The first-order chi connectivity index (χ1) is 9.12. The van der Waals surface area contributed by atoms with E-state index >= 15 is 0 Å². The molecular weight excluding hydrogens is 270 g/mol. The Morgan fingerprint density at radius 3 is 2.74 bits per heavy atom. The molecule has 0 saturated heterocycles. The lowest BCUT2D eigenvalue weighted by atomic mass is 10.4. The summed E-state index contributed by atoms with van der Waals surface area (Å²) in [6, 6.07) is 3.07. The number of nitrogens with zero attached hydrogens (tertiary/aromatic N) is 3. The molecular formula is C10H13N5O3S. The Kier molecular flexibility index (Phi) is 4.07. The molecule has 2 N–H and O–H groups in total. The molecule has 0 radical (unpaired) electrons. The van der Waals surface area contributed by atoms with Crippen LogP contribution in [0, 0.1) is 0 Å². The largest absolute Gasteiger partial charge is 0.373 e. The highest BCUT2D eigenvalue weighted by molar-refractivity contribution is 7.89. The molecule has 2 rings (SSSR count). The van der Waals surface area contributed by atoms with Crippen molar-refractivity contribution in [2.45, 2.75) is 11.3 Å². The number of sulfonamides is 1. The molecule has 0 fully saturated rings. The highest BCUT2D eigenvalue weighted by Crippen LogP contribution is 2.09. The first kappa shape index (κ1) is 13.4. The van der Waals surface area contributed by atoms with Gasteiger partial charge in [-0.2, -0.15) is 4.98 Å². The Morgan fingerprint density at radius 2 is 2.16 bits per heavy atom. The molecule has 9 heteroatoms. The Labute approximate surface area is 110 Å². The van der Waals surface area contributed by atoms with Crippen molar-refractivity contribution in [3.8, 4) is 0 Å². The van der Waals surface area contributed by atoms with E-state index in [2.05, 4.69) is 25.2 Å². The summed E-state index contributed by atoms with van der Waals surface area (Å²) in [7, 11) is -1.86. The second-order valence-electron chi connectivity index (χ2n) is 3.61. The summed E-state index contributed by atoms with van der Waals surface area (Å²) in [5, 5.41) is 6.25. The summed E-state index contributed by atoms with van der Waals surface area (Å²) in [6.07, 6.45) is 2.90. The maximum absolute atomic E-state index is 11.9. The fraction of sp³-hybridized carbons (Fsp3) is 0.300. The van der Waals surface area contributed by atoms with E-state index in [-0.39, 0.29) is 11.4 Å². The van der Waals surface area contributed by atoms with E-state index in [1.54, 1.807) is 13.1 Å². The van der Waals surface area contributed by atoms with Gasteiger partial charge in [-0.25, -0.2) is 18.1 Å². The Hall–Kier alpha value is -2.00. The van der Waals surface area contributed by atoms with Gasteiger partial charge in [-0.3, -0.25) is 0 Å². The Bertz CT molecular complexity index is 609. The summed E-state index contributed by atoms with van der Waals surface area (Å²) in [6.45, 7) is 0.179. The molecule has 2 aromatic rings. The van der Waals surface area contributed by atoms with E-state index in [0.717, 1.165) is 0 Å². The van der Waals surface area contributed by atoms with Gasteiger partial charge in [-0.1, -0.05) is 5.16 Å². The molecule has 0 aliphatic heterocycles. The highest BCUT2D eigenvalue weighted by Gasteiger charge is 2.14. The first-order valence-electron chi connectivity index (χ1n) is 5.51. The summed E-state index contributed by atoms with van der Waals surface area (Å²) in [4.78, 5) is 7.86. The van der Waals surface area contributed by atoms with Crippen molar-refractivity contribution >= 4 is 15.8 Å². The summed E-state index contributed by atoms with van der Waals surface area (Å²) < 4.78 is 31.0. The molecule has 0 aliphatic rings. The molecule has 2 aromatic heterocycles. The van der Waals surface area contributed by atoms with Crippen LogP contribution in [-0.2, 0) is 16.4 Å². The van der Waals surface area contributed by atoms with E-state index in [9.17, 15) is 8.42 Å². The predicted molar refractivity (Wildman–Crippen MR) is 67.0 cm³/mol. The van der Waals surface area contributed by atoms with E-state index in [1.807, 2.05) is 0 Å². The third-order valence-electron chi connectivity index (χ3n) is 2.34. The van der Waals surface area contributed by atoms with Crippen molar-refractivity contribution in [1.29, 1.82) is 0 Å². The maximum atomic E-state index is 11.9. The van der Waals surface area contributed by atoms with Gasteiger partial charge in [0.25, 0.3) is 0 Å². The fourth-order valence-electron chi connectivity index (χ4n) is 1.37. The van der Waals surface area contributed by atoms with E-state index in [0.29, 0.717) is 18.1 Å². The lowest BCUT2D eigenvalue weighted by Crippen LogP contribution is -2.26. The van der Waals surface area contributed by atoms with Gasteiger partial charge in [0.15, 0.2) is 6.33 Å². The topological polar surface area (TPSA) is 110 Å². The van der Waals surface area contributed by atoms with E-state index in [1.165, 1.54) is 18.6 Å². The van der Waals surface area contributed by atoms with Crippen LogP contribution >= 0.6 is 0 Å². The van der Waals surface area contributed by atoms with Gasteiger partial charge in [0.1, 0.15) is 10.7 Å². The average Bonchev–Trinajstić information content (AvgIpc) is 2.92. The molecule has 0 spiro atoms. The summed E-state index contributed by atoms with van der Waals surface area (Å²) in [5.74, 6) is 0.983. The number of rotatable bonds is 6. The molecule has 0 amide bonds. The molecule has 2 heterocycles. The van der Waals surface area contributed by atoms with E-state index < -0.39 is 10.0 Å². The number of pyridine rings is 1. The molecule has 0 saturated carbocycles. The summed E-state index contributed by atoms with van der Waals surface area (Å²) >= 11 is 0. The lowest BCUT2D eigenvalue weighted by Gasteiger charge is -2.06. The van der Waals surface area contributed by atoms with Crippen molar-refractivity contribution < 1.29 is 12.9 Å². The van der Waals surface area contributed by atoms with Crippen LogP contribution in [0.25, 0.3) is 0 Å². The Morgan fingerprint density at radius 1 is 1.32 bits per heavy atom. The third kappa shape index (κ3) is 3.48. The highest BCUT2D eigenvalue weighted by atomic mass is 32.2. The zero-order valence-corrected chi connectivity index (χ0v) is 11.0. The summed E-state index contributed by atoms with van der Waals surface area (Å²) in [5.41, 5.74) is 0. The number of hydrogen-bond acceptors (Lipinski definition) is 7. The van der Waals surface area contributed by atoms with E-state index in [4.69, 9.17) is 4.52 Å². The van der Waals surface area contributed by atoms with Crippen LogP contribution in [-0.4, -0.2) is 37.1 Å². The predicted octanol–water partition coefficient (Wildman–Crippen LogP) is 0.0273. The second kappa shape index (κ2) is 5.76. The van der Waals surface area contributed by atoms with Crippen LogP contribution in [0.2, 0.25) is 0 Å². The van der Waals surface area contributed by atoms with Crippen LogP contribution in [0.1, 0.15) is 5.89 Å². The molecule has 0 atom stereocenters. The van der Waals surface area contributed by atoms with Crippen molar-refractivity contribution in [2.24, 2.45) is 0 Å². The molecule has 0 bridgehead atoms. The average molecular weight is 283 g/mol. The lowest BCUT2D eigenvalue weighted by molar-refractivity contribution is 0.377. The van der Waals surface area contributed by atoms with Gasteiger partial charge >= 0.3 is 0 Å². The number of hydrogen-bond donors (Lipinski definition) is 2. The molecule has 0 aliphatic carbocycles. The minimum atomic E-state index is -3.57. The quantitative estimate of drug-likeness (QED) is 0.769. The molecule has 0 aromatic carbocycles. The monoisotopic (exact) mass is 283 g/mol. The number of nitrogens with one attached hydrogen (secondary N) is 2. The smallest absolute Gasteiger partial charge is 0.242 e. The van der Waals surface area contributed by atoms with Gasteiger partial charge in [0.2, 0.25) is 15.9 Å². The van der Waals surface area contributed by atoms with Crippen molar-refractivity contribution in [1.82, 2.24) is 19.8 Å². The van der Waals surface area contributed by atoms with Gasteiger partial charge in [0.05, 0.1) is 0 Å². The number of aromatic nitrogens is 3. The van der Waals surface area contributed by atoms with Crippen LogP contribution in [0.15, 0.2) is 34.1 Å². The molecule has 0 unspecified atom stereocenters. The van der Waals surface area contributed by atoms with Gasteiger partial charge in [0, 0.05) is 26.2 Å². The molecule has 8 nitrogen and oxygen atoms in total. The van der Waals surface area contributed by atoms with Gasteiger partial charge < -0.3 is 9.84 Å². The van der Waals surface area contributed by atoms with Crippen LogP contribution in [0.3, 0.4) is 0 Å². The molecule has 102 valence electrons. The third-order valence-corrected chi connectivity index (χ3v) is 3.79. The second-order valence-corrected chi connectivity index (χ2v) is 5.38. The van der Waals surface area contributed by atoms with Gasteiger partial charge in [-0.05, 0) is 12.1 Å². The van der Waals surface area contributed by atoms with Crippen molar-refractivity contribution in [3.63, 3.8) is 0 Å². The maximum Gasteiger partial charge on any atom is 0.242 e. The van der Waals surface area contributed by atoms with Crippen LogP contribution in [0.5, 0.6) is 0 Å². The minimum absolute atomic E-state index is 0.108. The normalized spacial score (nSPS) is 11.4. The fourth-order valence-corrected chi connectivity index (χ4v) is 2.35. The van der Waals surface area contributed by atoms with Gasteiger partial charge in [-0.15, -0.1) is 0 Å². The van der Waals surface area contributed by atoms with Crippen molar-refractivity contribution in [3.05, 3.63) is 30.5 Å². The molecule has 19 heavy (non-hydrogen) atoms. The first-order valence-corrected chi connectivity index (χ1v) is 6.99. The van der Waals surface area contributed by atoms with Crippen LogP contribution in [0.4, 0.5) is 5.82 Å². The zero-order chi connectivity index (χ0) is 13.7. The minimum Gasteiger partial charge on any atom is -0.373 e. The Balaban J connectivity index is 1.97. The zero-order valence-electron chi connectivity index (χ0n) is 10.2. The standard InChI is InChI=1S/C10H13N5O3S/c1-11-9-3-2-8(6-12-9)19(16,17)15-5-4-10-13-7-14-18-10/h2-3,6-7,15H,4-5H2,1H3,(H,11,12). The number of anilines is 1. The SMILES string of the molecule is CNc1ccc(S(=O)(=O)NCCc2ncno2)cn1. The van der Waals surface area contributed by atoms with Crippen molar-refractivity contribution in [2.75, 3.05) is 18.9 Å².